The van der Waals surface area contributed by atoms with Crippen molar-refractivity contribution in [3.8, 4) is 11.1 Å². The molecule has 0 unspecified atom stereocenters. The first-order valence-electron chi connectivity index (χ1n) is 10.3. The lowest BCUT2D eigenvalue weighted by atomic mass is 10.0. The first-order valence-corrected chi connectivity index (χ1v) is 11.4. The number of thioether (sulfide) groups is 1. The maximum atomic E-state index is 12.6. The molecule has 0 aliphatic carbocycles. The number of rotatable bonds is 7. The van der Waals surface area contributed by atoms with Gasteiger partial charge < -0.3 is 5.32 Å². The number of benzene rings is 1. The van der Waals surface area contributed by atoms with Gasteiger partial charge >= 0.3 is 5.69 Å². The zero-order chi connectivity index (χ0) is 22.5. The maximum Gasteiger partial charge on any atom is 0.328 e. The smallest absolute Gasteiger partial charge is 0.328 e. The van der Waals surface area contributed by atoms with Crippen LogP contribution in [0.5, 0.6) is 0 Å². The molecular formula is C23H22N4O4S. The van der Waals surface area contributed by atoms with Gasteiger partial charge in [-0.05, 0) is 29.9 Å². The van der Waals surface area contributed by atoms with Crippen molar-refractivity contribution < 1.29 is 9.59 Å². The monoisotopic (exact) mass is 450 g/mol. The number of carbonyl (C=O) groups excluding carboxylic acids is 2. The van der Waals surface area contributed by atoms with Crippen molar-refractivity contribution >= 4 is 23.5 Å². The van der Waals surface area contributed by atoms with Gasteiger partial charge in [0.15, 0.2) is 5.78 Å². The Bertz CT molecular complexity index is 1270. The number of aromatic nitrogens is 3. The van der Waals surface area contributed by atoms with Crippen LogP contribution in [-0.4, -0.2) is 38.5 Å². The number of amides is 1. The number of fused-ring (bicyclic) bond motifs is 1. The molecule has 3 heterocycles. The summed E-state index contributed by atoms with van der Waals surface area (Å²) in [5.41, 5.74) is 2.72. The van der Waals surface area contributed by atoms with Gasteiger partial charge in [-0.1, -0.05) is 24.3 Å². The Kier molecular flexibility index (Phi) is 6.65. The molecule has 2 aromatic heterocycles. The van der Waals surface area contributed by atoms with Crippen LogP contribution < -0.4 is 16.6 Å². The molecule has 32 heavy (non-hydrogen) atoms. The molecule has 0 spiro atoms. The van der Waals surface area contributed by atoms with Gasteiger partial charge in [-0.25, -0.2) is 4.79 Å². The number of Topliss-reactive ketones (excluding diaryl/α,β-unsaturated/α-hetero) is 1. The van der Waals surface area contributed by atoms with E-state index in [1.54, 1.807) is 42.4 Å². The Morgan fingerprint density at radius 3 is 2.81 bits per heavy atom. The Morgan fingerprint density at radius 2 is 2.00 bits per heavy atom. The fourth-order valence-corrected chi connectivity index (χ4v) is 4.64. The number of H-pyrrole nitrogens is 1. The first-order chi connectivity index (χ1) is 15.5. The summed E-state index contributed by atoms with van der Waals surface area (Å²) in [6.07, 6.45) is 4.06. The summed E-state index contributed by atoms with van der Waals surface area (Å²) in [6.45, 7) is 0.0176. The van der Waals surface area contributed by atoms with E-state index >= 15 is 0 Å². The van der Waals surface area contributed by atoms with Crippen LogP contribution in [0.1, 0.15) is 28.0 Å². The zero-order valence-electron chi connectivity index (χ0n) is 17.3. The van der Waals surface area contributed by atoms with Gasteiger partial charge in [0.1, 0.15) is 0 Å². The van der Waals surface area contributed by atoms with Crippen LogP contribution in [0.25, 0.3) is 11.1 Å². The van der Waals surface area contributed by atoms with Gasteiger partial charge in [0, 0.05) is 53.5 Å². The van der Waals surface area contributed by atoms with E-state index in [0.29, 0.717) is 29.0 Å². The molecule has 0 fully saturated rings. The second kappa shape index (κ2) is 9.78. The SMILES string of the molecule is O=C(CCn1c2c(c(=O)[nH]c1=O)CSCC2)NCC(=O)c1cccc(-c2cccnc2)c1. The Labute approximate surface area is 188 Å². The first kappa shape index (κ1) is 21.8. The number of carbonyl (C=O) groups is 2. The highest BCUT2D eigenvalue weighted by Gasteiger charge is 2.19. The Morgan fingerprint density at radius 1 is 1.16 bits per heavy atom. The average molecular weight is 451 g/mol. The number of nitrogens with one attached hydrogen (secondary N) is 2. The Hall–Kier alpha value is -3.46. The van der Waals surface area contributed by atoms with Crippen LogP contribution in [-0.2, 0) is 23.5 Å². The normalized spacial score (nSPS) is 12.8. The molecule has 0 saturated carbocycles. The highest BCUT2D eigenvalue weighted by molar-refractivity contribution is 7.98. The van der Waals surface area contributed by atoms with E-state index < -0.39 is 5.69 Å². The second-order valence-electron chi connectivity index (χ2n) is 7.41. The lowest BCUT2D eigenvalue weighted by Crippen LogP contribution is -2.38. The highest BCUT2D eigenvalue weighted by atomic mass is 32.2. The summed E-state index contributed by atoms with van der Waals surface area (Å²) in [7, 11) is 0. The van der Waals surface area contributed by atoms with Gasteiger partial charge in [-0.15, -0.1) is 0 Å². The molecular weight excluding hydrogens is 428 g/mol. The molecule has 0 radical (unpaired) electrons. The van der Waals surface area contributed by atoms with E-state index in [9.17, 15) is 19.2 Å². The summed E-state index contributed by atoms with van der Waals surface area (Å²) in [6, 6.07) is 10.9. The molecule has 8 nitrogen and oxygen atoms in total. The maximum absolute atomic E-state index is 12.6. The minimum Gasteiger partial charge on any atom is -0.349 e. The molecule has 4 rings (SSSR count). The van der Waals surface area contributed by atoms with Crippen molar-refractivity contribution in [3.63, 3.8) is 0 Å². The number of nitrogens with zero attached hydrogens (tertiary/aromatic N) is 2. The highest BCUT2D eigenvalue weighted by Crippen LogP contribution is 2.21. The third-order valence-electron chi connectivity index (χ3n) is 5.33. The zero-order valence-corrected chi connectivity index (χ0v) is 18.1. The van der Waals surface area contributed by atoms with Crippen LogP contribution in [0.4, 0.5) is 0 Å². The molecule has 1 aliphatic rings. The predicted molar refractivity (Wildman–Crippen MR) is 123 cm³/mol. The van der Waals surface area contributed by atoms with Crippen LogP contribution >= 0.6 is 11.8 Å². The van der Waals surface area contributed by atoms with Crippen molar-refractivity contribution in [1.82, 2.24) is 19.9 Å². The van der Waals surface area contributed by atoms with E-state index in [1.165, 1.54) is 4.57 Å². The molecule has 0 atom stereocenters. The minimum absolute atomic E-state index is 0.0362. The fourth-order valence-electron chi connectivity index (χ4n) is 3.66. The van der Waals surface area contributed by atoms with Crippen LogP contribution in [0.15, 0.2) is 58.4 Å². The average Bonchev–Trinajstić information content (AvgIpc) is 2.83. The summed E-state index contributed by atoms with van der Waals surface area (Å²) < 4.78 is 1.47. The lowest BCUT2D eigenvalue weighted by molar-refractivity contribution is -0.121. The molecule has 1 aliphatic heterocycles. The largest absolute Gasteiger partial charge is 0.349 e. The number of pyridine rings is 1. The van der Waals surface area contributed by atoms with Crippen molar-refractivity contribution in [2.24, 2.45) is 0 Å². The summed E-state index contributed by atoms with van der Waals surface area (Å²) in [5.74, 6) is 0.844. The lowest BCUT2D eigenvalue weighted by Gasteiger charge is -2.19. The van der Waals surface area contributed by atoms with E-state index in [-0.39, 0.29) is 36.8 Å². The predicted octanol–water partition coefficient (Wildman–Crippen LogP) is 1.78. The van der Waals surface area contributed by atoms with Gasteiger partial charge in [0.05, 0.1) is 6.54 Å². The molecule has 0 saturated heterocycles. The van der Waals surface area contributed by atoms with Crippen LogP contribution in [0, 0.1) is 0 Å². The molecule has 0 bridgehead atoms. The topological polar surface area (TPSA) is 114 Å². The summed E-state index contributed by atoms with van der Waals surface area (Å²) in [4.78, 5) is 55.5. The summed E-state index contributed by atoms with van der Waals surface area (Å²) in [5, 5.41) is 2.63. The third kappa shape index (κ3) is 4.88. The quantitative estimate of drug-likeness (QED) is 0.531. The van der Waals surface area contributed by atoms with Crippen molar-refractivity contribution in [2.75, 3.05) is 12.3 Å². The van der Waals surface area contributed by atoms with E-state index in [2.05, 4.69) is 15.3 Å². The number of aromatic amines is 1. The minimum atomic E-state index is -0.503. The standard InChI is InChI=1S/C23H22N4O4S/c28-20(16-4-1-3-15(11-16)17-5-2-8-24-12-17)13-25-21(29)6-9-27-19-7-10-32-14-18(19)22(30)26-23(27)31/h1-5,8,11-12H,6-7,9-10,13-14H2,(H,25,29)(H,26,30,31). The van der Waals surface area contributed by atoms with Gasteiger partial charge in [0.2, 0.25) is 5.91 Å². The van der Waals surface area contributed by atoms with Crippen LogP contribution in [0.2, 0.25) is 0 Å². The van der Waals surface area contributed by atoms with E-state index in [4.69, 9.17) is 0 Å². The second-order valence-corrected chi connectivity index (χ2v) is 8.52. The van der Waals surface area contributed by atoms with E-state index in [0.717, 1.165) is 16.9 Å². The van der Waals surface area contributed by atoms with Crippen molar-refractivity contribution in [3.05, 3.63) is 86.5 Å². The molecule has 2 N–H and O–H groups in total. The molecule has 1 aromatic carbocycles. The van der Waals surface area contributed by atoms with Gasteiger partial charge in [-0.2, -0.15) is 11.8 Å². The fraction of sp³-hybridized carbons (Fsp3) is 0.261. The molecule has 1 amide bonds. The number of hydrogen-bond donors (Lipinski definition) is 2. The van der Waals surface area contributed by atoms with Crippen molar-refractivity contribution in [2.45, 2.75) is 25.1 Å². The van der Waals surface area contributed by atoms with E-state index in [1.807, 2.05) is 18.2 Å². The Balaban J connectivity index is 1.37. The number of hydrogen-bond acceptors (Lipinski definition) is 6. The third-order valence-corrected chi connectivity index (χ3v) is 6.32. The van der Waals surface area contributed by atoms with Gasteiger partial charge in [-0.3, -0.25) is 28.9 Å². The number of ketones is 1. The van der Waals surface area contributed by atoms with Crippen molar-refractivity contribution in [1.29, 1.82) is 0 Å². The molecule has 164 valence electrons. The molecule has 3 aromatic rings. The van der Waals surface area contributed by atoms with Gasteiger partial charge in [0.25, 0.3) is 5.56 Å². The van der Waals surface area contributed by atoms with Crippen LogP contribution in [0.3, 0.4) is 0 Å². The molecule has 9 heteroatoms. The summed E-state index contributed by atoms with van der Waals surface area (Å²) >= 11 is 1.64.